The number of carbonyl (C=O) groups is 1. The molecule has 5 nitrogen and oxygen atoms in total. The standard InChI is InChI=1S/C22H23FN4OS/c1-26-20(16-4-6-17(23)7-5-16)14-24-22(26)29-15-21(28)25-18-8-10-19(11-9-18)27-12-2-3-13-27/h4-11,14H,2-3,12-13,15H2,1H3,(H,25,28). The average molecular weight is 411 g/mol. The van der Waals surface area contributed by atoms with E-state index in [4.69, 9.17) is 0 Å². The highest BCUT2D eigenvalue weighted by Crippen LogP contribution is 2.26. The lowest BCUT2D eigenvalue weighted by Gasteiger charge is -2.17. The van der Waals surface area contributed by atoms with Gasteiger partial charge in [-0.3, -0.25) is 4.79 Å². The molecule has 0 radical (unpaired) electrons. The Bertz CT molecular complexity index is 979. The van der Waals surface area contributed by atoms with Crippen molar-refractivity contribution in [3.05, 3.63) is 60.5 Å². The molecule has 0 saturated carbocycles. The molecule has 0 aliphatic carbocycles. The van der Waals surface area contributed by atoms with Gasteiger partial charge in [0.15, 0.2) is 5.16 Å². The Morgan fingerprint density at radius 1 is 1.10 bits per heavy atom. The second-order valence-corrected chi connectivity index (χ2v) is 8.01. The number of rotatable bonds is 6. The van der Waals surface area contributed by atoms with Crippen LogP contribution < -0.4 is 10.2 Å². The van der Waals surface area contributed by atoms with Crippen molar-refractivity contribution in [2.45, 2.75) is 18.0 Å². The fourth-order valence-corrected chi connectivity index (χ4v) is 4.23. The van der Waals surface area contributed by atoms with Crippen LogP contribution >= 0.6 is 11.8 Å². The van der Waals surface area contributed by atoms with Crippen LogP contribution in [0.2, 0.25) is 0 Å². The summed E-state index contributed by atoms with van der Waals surface area (Å²) in [6.45, 7) is 2.21. The SMILES string of the molecule is Cn1c(-c2ccc(F)cc2)cnc1SCC(=O)Nc1ccc(N2CCCC2)cc1. The van der Waals surface area contributed by atoms with Gasteiger partial charge in [0.2, 0.25) is 5.91 Å². The molecule has 1 aliphatic heterocycles. The van der Waals surface area contributed by atoms with Crippen LogP contribution in [0.1, 0.15) is 12.8 Å². The lowest BCUT2D eigenvalue weighted by atomic mass is 10.2. The maximum absolute atomic E-state index is 13.1. The van der Waals surface area contributed by atoms with Crippen molar-refractivity contribution >= 4 is 29.0 Å². The molecule has 3 aromatic rings. The van der Waals surface area contributed by atoms with Gasteiger partial charge in [-0.25, -0.2) is 9.37 Å². The van der Waals surface area contributed by atoms with E-state index in [2.05, 4.69) is 27.3 Å². The third-order valence-electron chi connectivity index (χ3n) is 5.04. The molecule has 1 aromatic heterocycles. The van der Waals surface area contributed by atoms with Crippen molar-refractivity contribution in [3.63, 3.8) is 0 Å². The second kappa shape index (κ2) is 8.69. The van der Waals surface area contributed by atoms with Gasteiger partial charge in [0.1, 0.15) is 5.82 Å². The molecule has 1 aliphatic rings. The fraction of sp³-hybridized carbons (Fsp3) is 0.273. The lowest BCUT2D eigenvalue weighted by molar-refractivity contribution is -0.113. The van der Waals surface area contributed by atoms with Crippen LogP contribution in [0, 0.1) is 5.82 Å². The van der Waals surface area contributed by atoms with E-state index >= 15 is 0 Å². The van der Waals surface area contributed by atoms with Crippen LogP contribution in [0.4, 0.5) is 15.8 Å². The predicted molar refractivity (Wildman–Crippen MR) is 116 cm³/mol. The topological polar surface area (TPSA) is 50.2 Å². The summed E-state index contributed by atoms with van der Waals surface area (Å²) in [5.74, 6) is -0.0763. The van der Waals surface area contributed by atoms with E-state index < -0.39 is 0 Å². The van der Waals surface area contributed by atoms with E-state index in [0.29, 0.717) is 0 Å². The summed E-state index contributed by atoms with van der Waals surface area (Å²) in [6.07, 6.45) is 4.22. The second-order valence-electron chi connectivity index (χ2n) is 7.07. The Morgan fingerprint density at radius 3 is 2.48 bits per heavy atom. The molecule has 1 fully saturated rings. The number of nitrogens with zero attached hydrogens (tertiary/aromatic N) is 3. The zero-order chi connectivity index (χ0) is 20.2. The van der Waals surface area contributed by atoms with Crippen molar-refractivity contribution in [1.82, 2.24) is 9.55 Å². The predicted octanol–water partition coefficient (Wildman–Crippen LogP) is 4.56. The Labute approximate surface area is 173 Å². The fourth-order valence-electron chi connectivity index (χ4n) is 3.47. The molecule has 7 heteroatoms. The highest BCUT2D eigenvalue weighted by atomic mass is 32.2. The van der Waals surface area contributed by atoms with E-state index in [1.54, 1.807) is 18.3 Å². The van der Waals surface area contributed by atoms with Gasteiger partial charge in [0, 0.05) is 31.5 Å². The minimum Gasteiger partial charge on any atom is -0.372 e. The molecule has 1 N–H and O–H groups in total. The summed E-state index contributed by atoms with van der Waals surface area (Å²) in [4.78, 5) is 19.1. The summed E-state index contributed by atoms with van der Waals surface area (Å²) in [6, 6.07) is 14.3. The van der Waals surface area contributed by atoms with Crippen LogP contribution in [0.5, 0.6) is 0 Å². The number of halogens is 1. The summed E-state index contributed by atoms with van der Waals surface area (Å²) in [5.41, 5.74) is 3.77. The van der Waals surface area contributed by atoms with Gasteiger partial charge in [-0.2, -0.15) is 0 Å². The number of thioether (sulfide) groups is 1. The van der Waals surface area contributed by atoms with E-state index in [1.165, 1.54) is 42.4 Å². The number of hydrogen-bond donors (Lipinski definition) is 1. The third-order valence-corrected chi connectivity index (χ3v) is 6.08. The molecular formula is C22H23FN4OS. The number of benzene rings is 2. The number of anilines is 2. The van der Waals surface area contributed by atoms with Crippen LogP contribution in [-0.4, -0.2) is 34.3 Å². The molecule has 1 amide bonds. The number of nitrogens with one attached hydrogen (secondary N) is 1. The highest BCUT2D eigenvalue weighted by molar-refractivity contribution is 7.99. The Morgan fingerprint density at radius 2 is 1.79 bits per heavy atom. The third kappa shape index (κ3) is 4.62. The van der Waals surface area contributed by atoms with Crippen LogP contribution in [0.3, 0.4) is 0 Å². The number of carbonyl (C=O) groups excluding carboxylic acids is 1. The number of amides is 1. The Balaban J connectivity index is 1.33. The number of imidazole rings is 1. The van der Waals surface area contributed by atoms with Crippen LogP contribution in [0.15, 0.2) is 59.9 Å². The van der Waals surface area contributed by atoms with E-state index in [-0.39, 0.29) is 17.5 Å². The van der Waals surface area contributed by atoms with Crippen molar-refractivity contribution in [3.8, 4) is 11.3 Å². The number of aromatic nitrogens is 2. The Kier molecular flexibility index (Phi) is 5.85. The molecule has 1 saturated heterocycles. The molecule has 150 valence electrons. The first-order valence-electron chi connectivity index (χ1n) is 9.65. The lowest BCUT2D eigenvalue weighted by Crippen LogP contribution is -2.18. The van der Waals surface area contributed by atoms with Gasteiger partial charge in [-0.15, -0.1) is 0 Å². The van der Waals surface area contributed by atoms with Gasteiger partial charge >= 0.3 is 0 Å². The molecule has 2 aromatic carbocycles. The number of hydrogen-bond acceptors (Lipinski definition) is 4. The van der Waals surface area contributed by atoms with Gasteiger partial charge in [0.25, 0.3) is 0 Å². The summed E-state index contributed by atoms with van der Waals surface area (Å²) in [5, 5.41) is 3.68. The van der Waals surface area contributed by atoms with Crippen molar-refractivity contribution in [2.24, 2.45) is 7.05 Å². The molecule has 0 unspecified atom stereocenters. The summed E-state index contributed by atoms with van der Waals surface area (Å²) < 4.78 is 15.0. The molecular weight excluding hydrogens is 387 g/mol. The minimum atomic E-state index is -0.268. The van der Waals surface area contributed by atoms with Gasteiger partial charge in [-0.1, -0.05) is 11.8 Å². The molecule has 4 rings (SSSR count). The first kappa shape index (κ1) is 19.5. The molecule has 0 bridgehead atoms. The first-order chi connectivity index (χ1) is 14.1. The minimum absolute atomic E-state index is 0.0738. The molecule has 29 heavy (non-hydrogen) atoms. The smallest absolute Gasteiger partial charge is 0.234 e. The maximum Gasteiger partial charge on any atom is 0.234 e. The van der Waals surface area contributed by atoms with Gasteiger partial charge in [-0.05, 0) is 66.9 Å². The van der Waals surface area contributed by atoms with Crippen molar-refractivity contribution in [1.29, 1.82) is 0 Å². The molecule has 0 spiro atoms. The quantitative estimate of drug-likeness (QED) is 0.606. The van der Waals surface area contributed by atoms with Crippen molar-refractivity contribution < 1.29 is 9.18 Å². The Hall–Kier alpha value is -2.80. The highest BCUT2D eigenvalue weighted by Gasteiger charge is 2.13. The van der Waals surface area contributed by atoms with E-state index in [0.717, 1.165) is 35.2 Å². The van der Waals surface area contributed by atoms with Crippen LogP contribution in [-0.2, 0) is 11.8 Å². The largest absolute Gasteiger partial charge is 0.372 e. The van der Waals surface area contributed by atoms with Crippen LogP contribution in [0.25, 0.3) is 11.3 Å². The zero-order valence-corrected chi connectivity index (χ0v) is 17.1. The van der Waals surface area contributed by atoms with Gasteiger partial charge < -0.3 is 14.8 Å². The zero-order valence-electron chi connectivity index (χ0n) is 16.3. The van der Waals surface area contributed by atoms with E-state index in [1.807, 2.05) is 23.7 Å². The maximum atomic E-state index is 13.1. The van der Waals surface area contributed by atoms with Gasteiger partial charge in [0.05, 0.1) is 17.6 Å². The monoisotopic (exact) mass is 410 g/mol. The summed E-state index contributed by atoms with van der Waals surface area (Å²) in [7, 11) is 1.89. The first-order valence-corrected chi connectivity index (χ1v) is 10.6. The van der Waals surface area contributed by atoms with Crippen molar-refractivity contribution in [2.75, 3.05) is 29.1 Å². The van der Waals surface area contributed by atoms with E-state index in [9.17, 15) is 9.18 Å². The summed E-state index contributed by atoms with van der Waals surface area (Å²) >= 11 is 1.37. The average Bonchev–Trinajstić information content (AvgIpc) is 3.38. The molecule has 2 heterocycles. The molecule has 0 atom stereocenters. The normalized spacial score (nSPS) is 13.7.